The number of amides is 1. The zero-order valence-electron chi connectivity index (χ0n) is 14.5. The fraction of sp³-hybridized carbons (Fsp3) is 0.300. The highest BCUT2D eigenvalue weighted by molar-refractivity contribution is 6.36. The van der Waals surface area contributed by atoms with Crippen LogP contribution in [0, 0.1) is 0 Å². The Hall–Kier alpha value is -2.04. The highest BCUT2D eigenvalue weighted by Crippen LogP contribution is 2.25. The van der Waals surface area contributed by atoms with Crippen LogP contribution in [0.4, 0.5) is 5.69 Å². The first-order valence-electron chi connectivity index (χ1n) is 8.52. The highest BCUT2D eigenvalue weighted by Gasteiger charge is 2.22. The number of carbonyl (C=O) groups is 2. The van der Waals surface area contributed by atoms with Gasteiger partial charge in [-0.3, -0.25) is 9.59 Å². The fourth-order valence-electron chi connectivity index (χ4n) is 3.09. The van der Waals surface area contributed by atoms with Crippen molar-refractivity contribution in [2.24, 2.45) is 0 Å². The molecule has 1 heterocycles. The molecule has 1 amide bonds. The van der Waals surface area contributed by atoms with Crippen LogP contribution < -0.4 is 4.90 Å². The van der Waals surface area contributed by atoms with Crippen LogP contribution in [0.3, 0.4) is 0 Å². The average molecular weight is 391 g/mol. The van der Waals surface area contributed by atoms with Crippen molar-refractivity contribution in [3.8, 4) is 0 Å². The SMILES string of the molecule is CC(=O)c1ccc(N2CCN(C(=O)Cc3c(Cl)cccc3Cl)CC2)cc1. The fourth-order valence-corrected chi connectivity index (χ4v) is 3.62. The Morgan fingerprint density at radius 1 is 0.923 bits per heavy atom. The van der Waals surface area contributed by atoms with Crippen LogP contribution in [-0.2, 0) is 11.2 Å². The first kappa shape index (κ1) is 18.7. The maximum Gasteiger partial charge on any atom is 0.227 e. The zero-order valence-corrected chi connectivity index (χ0v) is 16.1. The van der Waals surface area contributed by atoms with E-state index in [2.05, 4.69) is 4.90 Å². The van der Waals surface area contributed by atoms with Gasteiger partial charge in [0, 0.05) is 47.5 Å². The summed E-state index contributed by atoms with van der Waals surface area (Å²) >= 11 is 12.3. The summed E-state index contributed by atoms with van der Waals surface area (Å²) in [6.07, 6.45) is 0.214. The van der Waals surface area contributed by atoms with E-state index in [9.17, 15) is 9.59 Å². The third-order valence-electron chi connectivity index (χ3n) is 4.66. The number of rotatable bonds is 4. The van der Waals surface area contributed by atoms with Gasteiger partial charge in [-0.1, -0.05) is 29.3 Å². The lowest BCUT2D eigenvalue weighted by Crippen LogP contribution is -2.49. The van der Waals surface area contributed by atoms with Crippen LogP contribution in [0.5, 0.6) is 0 Å². The van der Waals surface area contributed by atoms with Gasteiger partial charge in [0.05, 0.1) is 6.42 Å². The van der Waals surface area contributed by atoms with Gasteiger partial charge in [0.15, 0.2) is 5.78 Å². The number of hydrogen-bond acceptors (Lipinski definition) is 3. The molecule has 0 radical (unpaired) electrons. The molecule has 0 spiro atoms. The molecule has 0 N–H and O–H groups in total. The van der Waals surface area contributed by atoms with Crippen molar-refractivity contribution in [2.45, 2.75) is 13.3 Å². The first-order valence-corrected chi connectivity index (χ1v) is 9.28. The Labute approximate surface area is 163 Å². The van der Waals surface area contributed by atoms with E-state index in [1.54, 1.807) is 25.1 Å². The summed E-state index contributed by atoms with van der Waals surface area (Å²) in [6, 6.07) is 12.9. The molecule has 26 heavy (non-hydrogen) atoms. The molecule has 0 aliphatic carbocycles. The number of piperazine rings is 1. The predicted molar refractivity (Wildman–Crippen MR) is 105 cm³/mol. The first-order chi connectivity index (χ1) is 12.5. The van der Waals surface area contributed by atoms with Gasteiger partial charge in [-0.2, -0.15) is 0 Å². The molecule has 3 rings (SSSR count). The van der Waals surface area contributed by atoms with Gasteiger partial charge < -0.3 is 9.80 Å². The van der Waals surface area contributed by atoms with Gasteiger partial charge >= 0.3 is 0 Å². The Morgan fingerprint density at radius 2 is 1.50 bits per heavy atom. The molecule has 0 unspecified atom stereocenters. The topological polar surface area (TPSA) is 40.6 Å². The lowest BCUT2D eigenvalue weighted by molar-refractivity contribution is -0.130. The molecule has 4 nitrogen and oxygen atoms in total. The molecule has 1 saturated heterocycles. The number of anilines is 1. The van der Waals surface area contributed by atoms with E-state index in [-0.39, 0.29) is 18.1 Å². The predicted octanol–water partition coefficient (Wildman–Crippen LogP) is 4.09. The van der Waals surface area contributed by atoms with Gasteiger partial charge in [-0.15, -0.1) is 0 Å². The Balaban J connectivity index is 1.59. The maximum absolute atomic E-state index is 12.6. The van der Waals surface area contributed by atoms with Gasteiger partial charge in [0.1, 0.15) is 0 Å². The largest absolute Gasteiger partial charge is 0.368 e. The minimum Gasteiger partial charge on any atom is -0.368 e. The number of carbonyl (C=O) groups excluding carboxylic acids is 2. The average Bonchev–Trinajstić information content (AvgIpc) is 2.65. The standard InChI is InChI=1S/C20H20Cl2N2O2/c1-14(25)15-5-7-16(8-6-15)23-9-11-24(12-10-23)20(26)13-17-18(21)3-2-4-19(17)22/h2-8H,9-13H2,1H3. The summed E-state index contributed by atoms with van der Waals surface area (Å²) in [5, 5.41) is 1.05. The van der Waals surface area contributed by atoms with Crippen molar-refractivity contribution in [3.63, 3.8) is 0 Å². The van der Waals surface area contributed by atoms with Crippen LogP contribution >= 0.6 is 23.2 Å². The Kier molecular flexibility index (Phi) is 5.84. The molecule has 2 aromatic carbocycles. The molecule has 0 bridgehead atoms. The maximum atomic E-state index is 12.6. The molecule has 0 saturated carbocycles. The molecular formula is C20H20Cl2N2O2. The Morgan fingerprint density at radius 3 is 2.04 bits per heavy atom. The van der Waals surface area contributed by atoms with E-state index < -0.39 is 0 Å². The van der Waals surface area contributed by atoms with Gasteiger partial charge in [-0.05, 0) is 48.9 Å². The van der Waals surface area contributed by atoms with E-state index in [1.165, 1.54) is 0 Å². The molecule has 1 fully saturated rings. The molecule has 2 aromatic rings. The summed E-state index contributed by atoms with van der Waals surface area (Å²) in [6.45, 7) is 4.36. The summed E-state index contributed by atoms with van der Waals surface area (Å²) in [7, 11) is 0. The lowest BCUT2D eigenvalue weighted by atomic mass is 10.1. The minimum atomic E-state index is 0.0339. The van der Waals surface area contributed by atoms with E-state index in [4.69, 9.17) is 23.2 Å². The van der Waals surface area contributed by atoms with Crippen LogP contribution in [0.25, 0.3) is 0 Å². The van der Waals surface area contributed by atoms with Gasteiger partial charge in [-0.25, -0.2) is 0 Å². The number of ketones is 1. The molecule has 1 aliphatic heterocycles. The number of halogens is 2. The molecule has 6 heteroatoms. The second-order valence-corrected chi connectivity index (χ2v) is 7.16. The quantitative estimate of drug-likeness (QED) is 0.738. The summed E-state index contributed by atoms with van der Waals surface area (Å²) in [4.78, 5) is 28.0. The monoisotopic (exact) mass is 390 g/mol. The van der Waals surface area contributed by atoms with Crippen LogP contribution in [-0.4, -0.2) is 42.8 Å². The third kappa shape index (κ3) is 4.19. The van der Waals surface area contributed by atoms with E-state index >= 15 is 0 Å². The second kappa shape index (κ2) is 8.11. The van der Waals surface area contributed by atoms with Crippen LogP contribution in [0.15, 0.2) is 42.5 Å². The second-order valence-electron chi connectivity index (χ2n) is 6.35. The van der Waals surface area contributed by atoms with Crippen molar-refractivity contribution >= 4 is 40.6 Å². The van der Waals surface area contributed by atoms with E-state index in [0.29, 0.717) is 34.3 Å². The molecule has 0 atom stereocenters. The summed E-state index contributed by atoms with van der Waals surface area (Å²) in [5.74, 6) is 0.0942. The molecule has 136 valence electrons. The molecule has 1 aliphatic rings. The zero-order chi connectivity index (χ0) is 18.7. The van der Waals surface area contributed by atoms with Crippen molar-refractivity contribution in [1.29, 1.82) is 0 Å². The number of benzene rings is 2. The van der Waals surface area contributed by atoms with Crippen LogP contribution in [0.1, 0.15) is 22.8 Å². The summed E-state index contributed by atoms with van der Waals surface area (Å²) < 4.78 is 0. The van der Waals surface area contributed by atoms with E-state index in [0.717, 1.165) is 18.8 Å². The van der Waals surface area contributed by atoms with Crippen molar-refractivity contribution in [2.75, 3.05) is 31.1 Å². The highest BCUT2D eigenvalue weighted by atomic mass is 35.5. The summed E-state index contributed by atoms with van der Waals surface area (Å²) in [5.41, 5.74) is 2.46. The van der Waals surface area contributed by atoms with Crippen molar-refractivity contribution < 1.29 is 9.59 Å². The van der Waals surface area contributed by atoms with Crippen LogP contribution in [0.2, 0.25) is 10.0 Å². The minimum absolute atomic E-state index is 0.0339. The van der Waals surface area contributed by atoms with Gasteiger partial charge in [0.2, 0.25) is 5.91 Å². The van der Waals surface area contributed by atoms with Crippen molar-refractivity contribution in [1.82, 2.24) is 4.90 Å². The number of hydrogen-bond donors (Lipinski definition) is 0. The Bertz CT molecular complexity index is 793. The molecule has 0 aromatic heterocycles. The number of Topliss-reactive ketones (excluding diaryl/α,β-unsaturated/α-hetero) is 1. The van der Waals surface area contributed by atoms with Gasteiger partial charge in [0.25, 0.3) is 0 Å². The third-order valence-corrected chi connectivity index (χ3v) is 5.37. The number of nitrogens with zero attached hydrogens (tertiary/aromatic N) is 2. The smallest absolute Gasteiger partial charge is 0.227 e. The van der Waals surface area contributed by atoms with Crippen molar-refractivity contribution in [3.05, 3.63) is 63.6 Å². The normalized spacial score (nSPS) is 14.4. The molecular weight excluding hydrogens is 371 g/mol. The lowest BCUT2D eigenvalue weighted by Gasteiger charge is -2.36. The van der Waals surface area contributed by atoms with E-state index in [1.807, 2.05) is 29.2 Å².